The van der Waals surface area contributed by atoms with Crippen molar-refractivity contribution in [2.75, 3.05) is 0 Å². The van der Waals surface area contributed by atoms with Crippen molar-refractivity contribution in [3.05, 3.63) is 33.8 Å². The summed E-state index contributed by atoms with van der Waals surface area (Å²) in [6.07, 6.45) is -4.49. The zero-order chi connectivity index (χ0) is 13.6. The number of hydrogen-bond donors (Lipinski definition) is 1. The molecule has 0 saturated heterocycles. The molecule has 1 aliphatic rings. The van der Waals surface area contributed by atoms with Gasteiger partial charge in [0.05, 0.1) is 5.56 Å². The van der Waals surface area contributed by atoms with Crippen LogP contribution >= 0.6 is 15.9 Å². The Hall–Kier alpha value is -1.04. The molecule has 98 valence electrons. The first kappa shape index (κ1) is 13.4. The van der Waals surface area contributed by atoms with E-state index < -0.39 is 17.6 Å². The molecule has 1 amide bonds. The fourth-order valence-corrected chi connectivity index (χ4v) is 2.37. The van der Waals surface area contributed by atoms with Crippen LogP contribution in [0, 0.1) is 6.92 Å². The Kier molecular flexibility index (Phi) is 3.17. The van der Waals surface area contributed by atoms with Crippen molar-refractivity contribution in [1.82, 2.24) is 5.32 Å². The molecular formula is C12H11BrF3NO. The van der Waals surface area contributed by atoms with E-state index >= 15 is 0 Å². The summed E-state index contributed by atoms with van der Waals surface area (Å²) in [5.74, 6) is -0.698. The number of amides is 1. The van der Waals surface area contributed by atoms with Crippen molar-refractivity contribution < 1.29 is 18.0 Å². The Morgan fingerprint density at radius 1 is 1.39 bits per heavy atom. The lowest BCUT2D eigenvalue weighted by atomic mass is 10.1. The van der Waals surface area contributed by atoms with Crippen LogP contribution in [0.4, 0.5) is 13.2 Å². The van der Waals surface area contributed by atoms with Gasteiger partial charge in [-0.05, 0) is 53.4 Å². The van der Waals surface area contributed by atoms with Crippen LogP contribution in [0.15, 0.2) is 22.7 Å². The molecule has 1 aromatic carbocycles. The molecule has 0 aliphatic heterocycles. The summed E-state index contributed by atoms with van der Waals surface area (Å²) in [6, 6.07) is 4.90. The molecule has 1 aliphatic carbocycles. The van der Waals surface area contributed by atoms with E-state index in [2.05, 4.69) is 21.2 Å². The third kappa shape index (κ3) is 2.39. The lowest BCUT2D eigenvalue weighted by molar-refractivity contribution is -0.163. The molecular weight excluding hydrogens is 311 g/mol. The summed E-state index contributed by atoms with van der Waals surface area (Å²) in [5.41, 5.74) is -0.875. The van der Waals surface area contributed by atoms with Gasteiger partial charge in [0.25, 0.3) is 5.91 Å². The molecule has 2 nitrogen and oxygen atoms in total. The standard InChI is InChI=1S/C12H11BrF3NO/c1-7-2-3-8(9(13)6-7)10(18)17-11(4-5-11)12(14,15)16/h2-3,6H,4-5H2,1H3,(H,17,18). The van der Waals surface area contributed by atoms with Crippen LogP contribution in [0.2, 0.25) is 0 Å². The average molecular weight is 322 g/mol. The SMILES string of the molecule is Cc1ccc(C(=O)NC2(C(F)(F)F)CC2)c(Br)c1. The quantitative estimate of drug-likeness (QED) is 0.886. The second-order valence-electron chi connectivity index (χ2n) is 4.52. The smallest absolute Gasteiger partial charge is 0.338 e. The van der Waals surface area contributed by atoms with Gasteiger partial charge in [-0.15, -0.1) is 0 Å². The van der Waals surface area contributed by atoms with Gasteiger partial charge < -0.3 is 5.32 Å². The van der Waals surface area contributed by atoms with Gasteiger partial charge in [-0.1, -0.05) is 6.07 Å². The molecule has 0 radical (unpaired) electrons. The van der Waals surface area contributed by atoms with Crippen molar-refractivity contribution >= 4 is 21.8 Å². The van der Waals surface area contributed by atoms with Crippen LogP contribution in [0.3, 0.4) is 0 Å². The number of benzene rings is 1. The predicted octanol–water partition coefficient (Wildman–Crippen LogP) is 3.58. The molecule has 2 rings (SSSR count). The van der Waals surface area contributed by atoms with Gasteiger partial charge in [-0.25, -0.2) is 0 Å². The van der Waals surface area contributed by atoms with E-state index in [0.29, 0.717) is 4.47 Å². The largest absolute Gasteiger partial charge is 0.411 e. The highest BCUT2D eigenvalue weighted by molar-refractivity contribution is 9.10. The van der Waals surface area contributed by atoms with Gasteiger partial charge in [-0.2, -0.15) is 13.2 Å². The molecule has 1 fully saturated rings. The topological polar surface area (TPSA) is 29.1 Å². The second-order valence-corrected chi connectivity index (χ2v) is 5.37. The maximum atomic E-state index is 12.7. The number of carbonyl (C=O) groups excluding carboxylic acids is 1. The summed E-state index contributed by atoms with van der Waals surface area (Å²) in [5, 5.41) is 2.09. The van der Waals surface area contributed by atoms with Crippen molar-refractivity contribution in [3.8, 4) is 0 Å². The minimum absolute atomic E-state index is 0.0499. The summed E-state index contributed by atoms with van der Waals surface area (Å²) < 4.78 is 38.6. The molecule has 0 spiro atoms. The van der Waals surface area contributed by atoms with Gasteiger partial charge in [0.15, 0.2) is 0 Å². The minimum atomic E-state index is -4.39. The molecule has 1 N–H and O–H groups in total. The van der Waals surface area contributed by atoms with Gasteiger partial charge in [0, 0.05) is 4.47 Å². The number of aryl methyl sites for hydroxylation is 1. The Bertz CT molecular complexity index is 495. The molecule has 0 bridgehead atoms. The van der Waals surface area contributed by atoms with Gasteiger partial charge in [-0.3, -0.25) is 4.79 Å². The Morgan fingerprint density at radius 3 is 2.44 bits per heavy atom. The second kappa shape index (κ2) is 4.26. The van der Waals surface area contributed by atoms with Crippen molar-refractivity contribution in [2.24, 2.45) is 0 Å². The lowest BCUT2D eigenvalue weighted by Crippen LogP contribution is -2.47. The lowest BCUT2D eigenvalue weighted by Gasteiger charge is -2.21. The normalized spacial score (nSPS) is 17.4. The zero-order valence-electron chi connectivity index (χ0n) is 9.57. The zero-order valence-corrected chi connectivity index (χ0v) is 11.2. The minimum Gasteiger partial charge on any atom is -0.338 e. The van der Waals surface area contributed by atoms with Crippen LogP contribution in [-0.4, -0.2) is 17.6 Å². The average Bonchev–Trinajstić information content (AvgIpc) is 2.97. The fourth-order valence-electron chi connectivity index (χ4n) is 1.69. The van der Waals surface area contributed by atoms with Crippen molar-refractivity contribution in [1.29, 1.82) is 0 Å². The van der Waals surface area contributed by atoms with E-state index in [4.69, 9.17) is 0 Å². The molecule has 0 atom stereocenters. The van der Waals surface area contributed by atoms with E-state index in [1.54, 1.807) is 12.1 Å². The van der Waals surface area contributed by atoms with Crippen LogP contribution in [-0.2, 0) is 0 Å². The Morgan fingerprint density at radius 2 is 2.00 bits per heavy atom. The maximum Gasteiger partial charge on any atom is 0.411 e. The Labute approximate surface area is 111 Å². The summed E-state index contributed by atoms with van der Waals surface area (Å²) in [7, 11) is 0. The highest BCUT2D eigenvalue weighted by atomic mass is 79.9. The molecule has 6 heteroatoms. The molecule has 18 heavy (non-hydrogen) atoms. The highest BCUT2D eigenvalue weighted by Crippen LogP contribution is 2.49. The third-order valence-electron chi connectivity index (χ3n) is 3.01. The monoisotopic (exact) mass is 321 g/mol. The first-order valence-electron chi connectivity index (χ1n) is 5.41. The van der Waals surface area contributed by atoms with E-state index in [-0.39, 0.29) is 18.4 Å². The van der Waals surface area contributed by atoms with Gasteiger partial charge in [0.1, 0.15) is 5.54 Å². The molecule has 1 aromatic rings. The fraction of sp³-hybridized carbons (Fsp3) is 0.417. The predicted molar refractivity (Wildman–Crippen MR) is 64.4 cm³/mol. The maximum absolute atomic E-state index is 12.7. The first-order valence-corrected chi connectivity index (χ1v) is 6.20. The van der Waals surface area contributed by atoms with E-state index in [9.17, 15) is 18.0 Å². The van der Waals surface area contributed by atoms with Crippen LogP contribution in [0.25, 0.3) is 0 Å². The number of nitrogens with one attached hydrogen (secondary N) is 1. The van der Waals surface area contributed by atoms with Crippen LogP contribution < -0.4 is 5.32 Å². The van der Waals surface area contributed by atoms with Crippen LogP contribution in [0.5, 0.6) is 0 Å². The third-order valence-corrected chi connectivity index (χ3v) is 3.67. The van der Waals surface area contributed by atoms with E-state index in [1.807, 2.05) is 6.92 Å². The number of rotatable bonds is 2. The number of carbonyl (C=O) groups is 1. The Balaban J connectivity index is 2.19. The molecule has 1 saturated carbocycles. The highest BCUT2D eigenvalue weighted by Gasteiger charge is 2.64. The van der Waals surface area contributed by atoms with Gasteiger partial charge in [0.2, 0.25) is 0 Å². The molecule has 0 unspecified atom stereocenters. The van der Waals surface area contributed by atoms with Crippen molar-refractivity contribution in [3.63, 3.8) is 0 Å². The summed E-state index contributed by atoms with van der Waals surface area (Å²) >= 11 is 3.18. The van der Waals surface area contributed by atoms with E-state index in [0.717, 1.165) is 5.56 Å². The number of hydrogen-bond acceptors (Lipinski definition) is 1. The summed E-state index contributed by atoms with van der Waals surface area (Å²) in [4.78, 5) is 11.8. The first-order chi connectivity index (χ1) is 8.25. The van der Waals surface area contributed by atoms with E-state index in [1.165, 1.54) is 6.07 Å². The van der Waals surface area contributed by atoms with Crippen molar-refractivity contribution in [2.45, 2.75) is 31.5 Å². The molecule has 0 aromatic heterocycles. The summed E-state index contributed by atoms with van der Waals surface area (Å²) in [6.45, 7) is 1.84. The number of alkyl halides is 3. The van der Waals surface area contributed by atoms with Crippen LogP contribution in [0.1, 0.15) is 28.8 Å². The molecule has 0 heterocycles. The number of halogens is 4. The van der Waals surface area contributed by atoms with Gasteiger partial charge >= 0.3 is 6.18 Å².